The number of hydrogen-bond acceptors (Lipinski definition) is 5. The number of benzene rings is 1. The van der Waals surface area contributed by atoms with Crippen molar-refractivity contribution in [3.63, 3.8) is 0 Å². The fraction of sp³-hybridized carbons (Fsp3) is 0.440. The van der Waals surface area contributed by atoms with Gasteiger partial charge in [-0.2, -0.15) is 0 Å². The first-order valence-corrected chi connectivity index (χ1v) is 11.1. The summed E-state index contributed by atoms with van der Waals surface area (Å²) in [4.78, 5) is 22.0. The van der Waals surface area contributed by atoms with Gasteiger partial charge >= 0.3 is 0 Å². The summed E-state index contributed by atoms with van der Waals surface area (Å²) in [7, 11) is 1.57. The number of hydrogen-bond donors (Lipinski definition) is 0. The molecule has 172 valence electrons. The summed E-state index contributed by atoms with van der Waals surface area (Å²) in [6.07, 6.45) is 7.48. The van der Waals surface area contributed by atoms with E-state index in [-0.39, 0.29) is 18.2 Å². The Morgan fingerprint density at radius 3 is 2.52 bits per heavy atom. The van der Waals surface area contributed by atoms with E-state index in [9.17, 15) is 13.6 Å². The smallest absolute Gasteiger partial charge is 0.257 e. The Bertz CT molecular complexity index is 1130. The van der Waals surface area contributed by atoms with Gasteiger partial charge in [-0.15, -0.1) is 6.42 Å². The summed E-state index contributed by atoms with van der Waals surface area (Å²) in [5.41, 5.74) is 0.904. The predicted molar refractivity (Wildman–Crippen MR) is 118 cm³/mol. The van der Waals surface area contributed by atoms with Gasteiger partial charge in [-0.05, 0) is 37.5 Å². The predicted octanol–water partition coefficient (Wildman–Crippen LogP) is 3.72. The number of rotatable bonds is 3. The highest BCUT2D eigenvalue weighted by Gasteiger charge is 2.58. The zero-order valence-electron chi connectivity index (χ0n) is 18.6. The molecule has 1 aromatic heterocycles. The number of carbonyl (C=O) groups is 1. The maximum absolute atomic E-state index is 13.8. The molecule has 6 nitrogen and oxygen atoms in total. The molecule has 1 amide bonds. The van der Waals surface area contributed by atoms with E-state index < -0.39 is 17.2 Å². The van der Waals surface area contributed by atoms with Crippen molar-refractivity contribution >= 4 is 11.7 Å². The number of aromatic nitrogens is 1. The van der Waals surface area contributed by atoms with E-state index in [0.29, 0.717) is 61.3 Å². The summed E-state index contributed by atoms with van der Waals surface area (Å²) in [5.74, 6) is 2.58. The molecule has 1 spiro atoms. The summed E-state index contributed by atoms with van der Waals surface area (Å²) < 4.78 is 39.3. The second-order valence-electron chi connectivity index (χ2n) is 8.85. The number of halogens is 2. The number of anilines is 1. The van der Waals surface area contributed by atoms with Crippen molar-refractivity contribution < 1.29 is 23.0 Å². The van der Waals surface area contributed by atoms with Crippen LogP contribution in [0.25, 0.3) is 0 Å². The molecule has 1 aromatic carbocycles. The molecule has 3 saturated heterocycles. The number of nitrogens with zero attached hydrogens (tertiary/aromatic N) is 3. The van der Waals surface area contributed by atoms with Gasteiger partial charge in [0.2, 0.25) is 0 Å². The van der Waals surface area contributed by atoms with Crippen molar-refractivity contribution in [3.8, 4) is 18.1 Å². The summed E-state index contributed by atoms with van der Waals surface area (Å²) in [5, 5.41) is 0. The number of pyridine rings is 1. The average Bonchev–Trinajstić information content (AvgIpc) is 3.31. The first-order chi connectivity index (χ1) is 15.8. The van der Waals surface area contributed by atoms with Crippen LogP contribution in [0.2, 0.25) is 0 Å². The molecular weight excluding hydrogens is 428 g/mol. The highest BCUT2D eigenvalue weighted by atomic mass is 19.1. The maximum atomic E-state index is 13.8. The molecule has 3 fully saturated rings. The Labute approximate surface area is 191 Å². The molecule has 0 bridgehead atoms. The third-order valence-corrected chi connectivity index (χ3v) is 7.00. The fourth-order valence-corrected chi connectivity index (χ4v) is 5.36. The molecule has 0 unspecified atom stereocenters. The largest absolute Gasteiger partial charge is 0.495 e. The zero-order valence-corrected chi connectivity index (χ0v) is 18.6. The zero-order chi connectivity index (χ0) is 23.3. The Kier molecular flexibility index (Phi) is 5.25. The van der Waals surface area contributed by atoms with Gasteiger partial charge in [-0.25, -0.2) is 13.8 Å². The minimum atomic E-state index is -0.913. The van der Waals surface area contributed by atoms with E-state index in [0.717, 1.165) is 11.9 Å². The molecule has 5 rings (SSSR count). The van der Waals surface area contributed by atoms with Crippen molar-refractivity contribution in [3.05, 3.63) is 52.7 Å². The van der Waals surface area contributed by atoms with Crippen LogP contribution in [0.3, 0.4) is 0 Å². The van der Waals surface area contributed by atoms with Gasteiger partial charge < -0.3 is 19.3 Å². The molecule has 2 aromatic rings. The van der Waals surface area contributed by atoms with E-state index in [1.54, 1.807) is 12.0 Å². The third-order valence-electron chi connectivity index (χ3n) is 7.00. The quantitative estimate of drug-likeness (QED) is 0.664. The normalized spacial score (nSPS) is 23.7. The number of amides is 1. The first-order valence-electron chi connectivity index (χ1n) is 11.1. The number of piperidine rings is 1. The van der Waals surface area contributed by atoms with Crippen LogP contribution in [-0.4, -0.2) is 47.8 Å². The van der Waals surface area contributed by atoms with E-state index in [2.05, 4.69) is 15.8 Å². The molecule has 0 N–H and O–H groups in total. The minimum Gasteiger partial charge on any atom is -0.495 e. The Hall–Kier alpha value is -3.18. The molecule has 8 heteroatoms. The summed E-state index contributed by atoms with van der Waals surface area (Å²) in [6.45, 7) is 3.01. The maximum Gasteiger partial charge on any atom is 0.257 e. The van der Waals surface area contributed by atoms with Crippen LogP contribution >= 0.6 is 0 Å². The molecule has 2 atom stereocenters. The highest BCUT2D eigenvalue weighted by molar-refractivity contribution is 5.88. The van der Waals surface area contributed by atoms with Crippen LogP contribution < -0.4 is 9.64 Å². The molecular formula is C25H25F2N3O3. The van der Waals surface area contributed by atoms with Crippen molar-refractivity contribution in [2.24, 2.45) is 0 Å². The van der Waals surface area contributed by atoms with Crippen molar-refractivity contribution in [1.29, 1.82) is 0 Å². The Morgan fingerprint density at radius 2 is 1.88 bits per heavy atom. The van der Waals surface area contributed by atoms with Crippen LogP contribution in [0, 0.1) is 30.9 Å². The summed E-state index contributed by atoms with van der Waals surface area (Å²) in [6, 6.07) is 4.90. The summed E-state index contributed by atoms with van der Waals surface area (Å²) >= 11 is 0. The Balaban J connectivity index is 1.34. The van der Waals surface area contributed by atoms with Gasteiger partial charge in [-0.1, -0.05) is 5.92 Å². The van der Waals surface area contributed by atoms with Crippen LogP contribution in [0.15, 0.2) is 24.3 Å². The number of carbonyl (C=O) groups excluding carboxylic acids is 1. The average molecular weight is 453 g/mol. The van der Waals surface area contributed by atoms with Crippen LogP contribution in [0.5, 0.6) is 5.75 Å². The molecule has 0 saturated carbocycles. The van der Waals surface area contributed by atoms with Gasteiger partial charge in [0.1, 0.15) is 29.4 Å². The molecule has 3 aliphatic rings. The van der Waals surface area contributed by atoms with Crippen LogP contribution in [0.4, 0.5) is 14.6 Å². The third kappa shape index (κ3) is 3.51. The topological polar surface area (TPSA) is 54.9 Å². The van der Waals surface area contributed by atoms with Gasteiger partial charge in [0.05, 0.1) is 24.4 Å². The van der Waals surface area contributed by atoms with Crippen molar-refractivity contribution in [1.82, 2.24) is 9.88 Å². The monoisotopic (exact) mass is 453 g/mol. The molecule has 0 radical (unpaired) electrons. The van der Waals surface area contributed by atoms with Gasteiger partial charge in [0.15, 0.2) is 5.60 Å². The van der Waals surface area contributed by atoms with Gasteiger partial charge in [-0.3, -0.25) is 4.79 Å². The second-order valence-corrected chi connectivity index (χ2v) is 8.85. The number of ether oxygens (including phenoxy) is 2. The van der Waals surface area contributed by atoms with Crippen LogP contribution in [-0.2, 0) is 9.53 Å². The fourth-order valence-electron chi connectivity index (χ4n) is 5.36. The molecule has 0 aliphatic carbocycles. The highest BCUT2D eigenvalue weighted by Crippen LogP contribution is 2.48. The number of terminal acetylenes is 1. The number of aryl methyl sites for hydroxylation is 1. The van der Waals surface area contributed by atoms with E-state index >= 15 is 0 Å². The number of methoxy groups -OCH3 is 1. The van der Waals surface area contributed by atoms with Crippen molar-refractivity contribution in [2.75, 3.05) is 25.1 Å². The minimum absolute atomic E-state index is 0.0938. The molecule has 4 heterocycles. The lowest BCUT2D eigenvalue weighted by molar-refractivity contribution is -0.140. The Morgan fingerprint density at radius 1 is 1.18 bits per heavy atom. The standard InChI is InChI=1S/C25H25F2N3O3/c1-4-19-15(2)28-22(14-21(19)32-3)29-9-7-25(8-10-29)24(31)30-20(5-6-23(30)33-25)16-11-17(26)13-18(27)12-16/h1,11-14,20,23H,5-10H2,2-3H3/t20-,23+/m0/s1. The lowest BCUT2D eigenvalue weighted by atomic mass is 9.89. The number of fused-ring (bicyclic) bond motifs is 1. The van der Waals surface area contributed by atoms with E-state index in [1.807, 2.05) is 13.0 Å². The van der Waals surface area contributed by atoms with E-state index in [4.69, 9.17) is 15.9 Å². The molecule has 3 aliphatic heterocycles. The SMILES string of the molecule is C#Cc1c(OC)cc(N2CCC3(CC2)O[C@@H]2CC[C@@H](c4cc(F)cc(F)c4)N2C3=O)nc1C. The first kappa shape index (κ1) is 21.7. The van der Waals surface area contributed by atoms with Crippen LogP contribution in [0.1, 0.15) is 48.5 Å². The lowest BCUT2D eigenvalue weighted by Crippen LogP contribution is -2.50. The van der Waals surface area contributed by atoms with E-state index in [1.165, 1.54) is 12.1 Å². The van der Waals surface area contributed by atoms with Gasteiger partial charge in [0.25, 0.3) is 5.91 Å². The van der Waals surface area contributed by atoms with Crippen molar-refractivity contribution in [2.45, 2.75) is 50.5 Å². The second kappa shape index (κ2) is 7.99. The van der Waals surface area contributed by atoms with Gasteiger partial charge in [0, 0.05) is 38.1 Å². The lowest BCUT2D eigenvalue weighted by Gasteiger charge is -2.38. The molecule has 33 heavy (non-hydrogen) atoms.